The number of non-ortho nitro benzene ring substituents is 1. The molecule has 0 saturated carbocycles. The number of likely N-dealkylation sites (N-methyl/N-ethyl adjacent to an activating group) is 2. The minimum Gasteiger partial charge on any atom is -0.492 e. The van der Waals surface area contributed by atoms with Crippen molar-refractivity contribution in [3.63, 3.8) is 0 Å². The lowest BCUT2D eigenvalue weighted by Gasteiger charge is -2.20. The number of nitrogen functional groups attached to an aromatic ring is 1. The molecule has 2 atom stereocenters. The summed E-state index contributed by atoms with van der Waals surface area (Å²) >= 11 is 0. The molecule has 8 nitrogen and oxygen atoms in total. The van der Waals surface area contributed by atoms with E-state index in [4.69, 9.17) is 15.2 Å². The third-order valence-electron chi connectivity index (χ3n) is 6.91. The Hall–Kier alpha value is -3.26. The van der Waals surface area contributed by atoms with Gasteiger partial charge in [0.2, 0.25) is 0 Å². The van der Waals surface area contributed by atoms with Crippen LogP contribution in [-0.2, 0) is 12.4 Å². The van der Waals surface area contributed by atoms with E-state index >= 15 is 0 Å². The van der Waals surface area contributed by atoms with Crippen LogP contribution < -0.4 is 15.2 Å². The van der Waals surface area contributed by atoms with E-state index < -0.39 is 34.1 Å². The van der Waals surface area contributed by atoms with Crippen LogP contribution >= 0.6 is 0 Å². The quantitative estimate of drug-likeness (QED) is 0.191. The molecule has 40 heavy (non-hydrogen) atoms. The fourth-order valence-electron chi connectivity index (χ4n) is 4.57. The molecule has 0 radical (unpaired) electrons. The fraction of sp³-hybridized carbons (Fsp3) is 0.538. The van der Waals surface area contributed by atoms with E-state index in [9.17, 15) is 36.5 Å². The number of rotatable bonds is 7. The van der Waals surface area contributed by atoms with Gasteiger partial charge in [-0.1, -0.05) is 0 Å². The Morgan fingerprint density at radius 3 is 1.68 bits per heavy atom. The second kappa shape index (κ2) is 12.9. The van der Waals surface area contributed by atoms with Crippen molar-refractivity contribution in [1.82, 2.24) is 9.80 Å². The van der Waals surface area contributed by atoms with Gasteiger partial charge >= 0.3 is 12.4 Å². The van der Waals surface area contributed by atoms with Crippen LogP contribution in [0.3, 0.4) is 0 Å². The van der Waals surface area contributed by atoms with Gasteiger partial charge in [0.05, 0.1) is 22.1 Å². The molecule has 2 aromatic carbocycles. The fourth-order valence-corrected chi connectivity index (χ4v) is 4.57. The van der Waals surface area contributed by atoms with Crippen LogP contribution in [0.2, 0.25) is 0 Å². The molecular formula is C26H32F6N4O4. The van der Waals surface area contributed by atoms with Crippen LogP contribution in [0.15, 0.2) is 36.4 Å². The first kappa shape index (κ1) is 31.3. The van der Waals surface area contributed by atoms with Crippen LogP contribution in [0, 0.1) is 10.1 Å². The maximum atomic E-state index is 12.7. The van der Waals surface area contributed by atoms with Crippen LogP contribution in [0.25, 0.3) is 0 Å². The highest BCUT2D eigenvalue weighted by molar-refractivity contribution is 5.48. The smallest absolute Gasteiger partial charge is 0.416 e. The number of nitro benzene ring substituents is 1. The van der Waals surface area contributed by atoms with E-state index in [0.29, 0.717) is 12.7 Å². The topological polar surface area (TPSA) is 94.1 Å². The molecule has 2 N–H and O–H groups in total. The maximum absolute atomic E-state index is 12.7. The summed E-state index contributed by atoms with van der Waals surface area (Å²) in [6.07, 6.45) is -5.04. The molecule has 1 unspecified atom stereocenters. The van der Waals surface area contributed by atoms with Gasteiger partial charge in [-0.25, -0.2) is 0 Å². The molecule has 0 bridgehead atoms. The minimum atomic E-state index is -4.64. The molecule has 0 aliphatic carbocycles. The largest absolute Gasteiger partial charge is 0.492 e. The van der Waals surface area contributed by atoms with Gasteiger partial charge in [-0.05, 0) is 71.1 Å². The second-order valence-corrected chi connectivity index (χ2v) is 9.93. The van der Waals surface area contributed by atoms with Crippen molar-refractivity contribution in [2.45, 2.75) is 50.1 Å². The first-order chi connectivity index (χ1) is 18.6. The zero-order chi connectivity index (χ0) is 29.7. The monoisotopic (exact) mass is 578 g/mol. The number of halogens is 6. The zero-order valence-electron chi connectivity index (χ0n) is 22.1. The van der Waals surface area contributed by atoms with Crippen LogP contribution in [0.4, 0.5) is 37.7 Å². The number of hydrogen-bond acceptors (Lipinski definition) is 7. The summed E-state index contributed by atoms with van der Waals surface area (Å²) in [5.74, 6) is 0.0458. The summed E-state index contributed by atoms with van der Waals surface area (Å²) in [6.45, 7) is 2.52. The molecule has 2 saturated heterocycles. The number of anilines is 1. The van der Waals surface area contributed by atoms with E-state index in [-0.39, 0.29) is 35.9 Å². The third-order valence-corrected chi connectivity index (χ3v) is 6.91. The summed E-state index contributed by atoms with van der Waals surface area (Å²) in [7, 11) is 3.90. The number of likely N-dealkylation sites (tertiary alicyclic amines) is 2. The number of nitrogens with zero attached hydrogens (tertiary/aromatic N) is 3. The summed E-state index contributed by atoms with van der Waals surface area (Å²) in [5.41, 5.74) is 3.06. The van der Waals surface area contributed by atoms with Crippen molar-refractivity contribution in [2.75, 3.05) is 46.1 Å². The van der Waals surface area contributed by atoms with Gasteiger partial charge < -0.3 is 25.0 Å². The van der Waals surface area contributed by atoms with E-state index in [1.54, 1.807) is 0 Å². The standard InChI is InChI=1S/C13H15F3N2O3.C13H17F3N2O/c1-17-4-2-3-10(17)8-21-12-6-9(13(14,15)16)5-11(7-12)18(19)20;1-18-4-2-3-11(18)8-19-12-6-9(13(14,15)16)5-10(17)7-12/h5-7,10H,2-4,8H2,1H3;5-7,11H,2-4,8,17H2,1H3/t;11-/m.1/s1. The van der Waals surface area contributed by atoms with Gasteiger partial charge in [-0.3, -0.25) is 10.1 Å². The van der Waals surface area contributed by atoms with Crippen molar-refractivity contribution < 1.29 is 40.7 Å². The number of nitrogens with two attached hydrogens (primary N) is 1. The van der Waals surface area contributed by atoms with E-state index in [2.05, 4.69) is 9.80 Å². The Kier molecular flexibility index (Phi) is 10.1. The molecule has 0 spiro atoms. The lowest BCUT2D eigenvalue weighted by molar-refractivity contribution is -0.385. The van der Waals surface area contributed by atoms with E-state index in [1.807, 2.05) is 14.1 Å². The highest BCUT2D eigenvalue weighted by Gasteiger charge is 2.34. The SMILES string of the molecule is CN1CCCC1COc1cc([N+](=O)[O-])cc(C(F)(F)F)c1.CN1CCC[C@@H]1COc1cc(N)cc(C(F)(F)F)c1. The predicted molar refractivity (Wildman–Crippen MR) is 136 cm³/mol. The number of benzene rings is 2. The van der Waals surface area contributed by atoms with Crippen molar-refractivity contribution in [1.29, 1.82) is 0 Å². The Balaban J connectivity index is 0.000000222. The number of hydrogen-bond donors (Lipinski definition) is 1. The van der Waals surface area contributed by atoms with Gasteiger partial charge in [0.15, 0.2) is 0 Å². The van der Waals surface area contributed by atoms with Gasteiger partial charge in [-0.15, -0.1) is 0 Å². The molecule has 2 heterocycles. The number of ether oxygens (including phenoxy) is 2. The highest BCUT2D eigenvalue weighted by Crippen LogP contribution is 2.35. The molecule has 0 aromatic heterocycles. The average molecular weight is 579 g/mol. The van der Waals surface area contributed by atoms with Crippen molar-refractivity contribution >= 4 is 11.4 Å². The van der Waals surface area contributed by atoms with Crippen molar-refractivity contribution in [2.24, 2.45) is 0 Å². The Labute approximate surface area is 227 Å². The predicted octanol–water partition coefficient (Wildman–Crippen LogP) is 5.85. The summed E-state index contributed by atoms with van der Waals surface area (Å²) in [4.78, 5) is 14.1. The molecule has 2 aliphatic heterocycles. The van der Waals surface area contributed by atoms with Crippen LogP contribution in [0.1, 0.15) is 36.8 Å². The lowest BCUT2D eigenvalue weighted by atomic mass is 10.2. The molecule has 222 valence electrons. The molecular weight excluding hydrogens is 546 g/mol. The molecule has 14 heteroatoms. The third kappa shape index (κ3) is 8.88. The van der Waals surface area contributed by atoms with E-state index in [0.717, 1.165) is 63.0 Å². The minimum absolute atomic E-state index is 0.0598. The first-order valence-corrected chi connectivity index (χ1v) is 12.6. The van der Waals surface area contributed by atoms with Gasteiger partial charge in [0, 0.05) is 29.9 Å². The van der Waals surface area contributed by atoms with Crippen molar-refractivity contribution in [3.05, 3.63) is 57.6 Å². The van der Waals surface area contributed by atoms with Crippen molar-refractivity contribution in [3.8, 4) is 11.5 Å². The average Bonchev–Trinajstić information content (AvgIpc) is 3.47. The second-order valence-electron chi connectivity index (χ2n) is 9.93. The molecule has 0 amide bonds. The molecule has 2 fully saturated rings. The molecule has 2 aliphatic rings. The lowest BCUT2D eigenvalue weighted by Crippen LogP contribution is -2.30. The van der Waals surface area contributed by atoms with Gasteiger partial charge in [-0.2, -0.15) is 26.3 Å². The highest BCUT2D eigenvalue weighted by atomic mass is 19.4. The van der Waals surface area contributed by atoms with Gasteiger partial charge in [0.25, 0.3) is 5.69 Å². The first-order valence-electron chi connectivity index (χ1n) is 12.6. The van der Waals surface area contributed by atoms with Crippen LogP contribution in [0.5, 0.6) is 11.5 Å². The summed E-state index contributed by atoms with van der Waals surface area (Å²) in [6, 6.07) is 6.03. The van der Waals surface area contributed by atoms with Crippen LogP contribution in [-0.4, -0.2) is 67.2 Å². The summed E-state index contributed by atoms with van der Waals surface area (Å²) in [5, 5.41) is 10.7. The molecule has 2 aromatic rings. The number of nitro groups is 1. The Bertz CT molecular complexity index is 1160. The zero-order valence-corrected chi connectivity index (χ0v) is 22.1. The Morgan fingerprint density at radius 2 is 1.27 bits per heavy atom. The van der Waals surface area contributed by atoms with Gasteiger partial charge in [0.1, 0.15) is 24.7 Å². The Morgan fingerprint density at radius 1 is 0.825 bits per heavy atom. The normalized spacial score (nSPS) is 20.2. The summed E-state index contributed by atoms with van der Waals surface area (Å²) < 4.78 is 86.9. The number of alkyl halides is 6. The molecule has 4 rings (SSSR count). The van der Waals surface area contributed by atoms with E-state index in [1.165, 1.54) is 6.07 Å². The maximum Gasteiger partial charge on any atom is 0.416 e.